The Bertz CT molecular complexity index is 1390. The summed E-state index contributed by atoms with van der Waals surface area (Å²) in [4.78, 5) is 6.52. The molecule has 0 spiro atoms. The van der Waals surface area contributed by atoms with Gasteiger partial charge in [-0.15, -0.1) is 22.7 Å². The summed E-state index contributed by atoms with van der Waals surface area (Å²) in [6.07, 6.45) is 16.8. The van der Waals surface area contributed by atoms with Crippen molar-refractivity contribution in [3.8, 4) is 20.9 Å². The van der Waals surface area contributed by atoms with Gasteiger partial charge < -0.3 is 0 Å². The molecule has 0 fully saturated rings. The lowest BCUT2D eigenvalue weighted by Crippen LogP contribution is -2.04. The highest BCUT2D eigenvalue weighted by molar-refractivity contribution is 7.81. The van der Waals surface area contributed by atoms with Crippen molar-refractivity contribution in [3.05, 3.63) is 94.8 Å². The van der Waals surface area contributed by atoms with Crippen molar-refractivity contribution >= 4 is 79.6 Å². The van der Waals surface area contributed by atoms with Gasteiger partial charge in [0.25, 0.3) is 0 Å². The van der Waals surface area contributed by atoms with Gasteiger partial charge in [0.2, 0.25) is 0 Å². The van der Waals surface area contributed by atoms with Gasteiger partial charge in [-0.05, 0) is 24.3 Å². The Morgan fingerprint density at radius 1 is 0.606 bits per heavy atom. The average molecular weight is 517 g/mol. The van der Waals surface area contributed by atoms with Gasteiger partial charge in [0, 0.05) is 52.2 Å². The van der Waals surface area contributed by atoms with E-state index in [9.17, 15) is 0 Å². The molecule has 0 N–H and O–H groups in total. The lowest BCUT2D eigenvalue weighted by molar-refractivity contribution is 1.20. The number of rotatable bonds is 6. The molecular weight excluding hydrogens is 501 g/mol. The molecule has 2 aliphatic carbocycles. The zero-order valence-electron chi connectivity index (χ0n) is 17.2. The molecule has 0 radical (unpaired) electrons. The topological polar surface area (TPSA) is 25.8 Å². The standard InChI is InChI=1S/C26H16N2S5/c29-25(15-5-1-2-6-15)21-13-11-19(31-21)17-9-10-18(24-23(17)27-33-28-24)20-12-14-22(32-20)26(30)16-7-3-4-8-16/h1-16H. The van der Waals surface area contributed by atoms with Crippen LogP contribution in [0.3, 0.4) is 0 Å². The van der Waals surface area contributed by atoms with Crippen molar-refractivity contribution in [1.29, 1.82) is 0 Å². The van der Waals surface area contributed by atoms with Gasteiger partial charge in [-0.1, -0.05) is 85.2 Å². The summed E-state index contributed by atoms with van der Waals surface area (Å²) in [6, 6.07) is 12.9. The predicted octanol–water partition coefficient (Wildman–Crippen LogP) is 8.07. The summed E-state index contributed by atoms with van der Waals surface area (Å²) < 4.78 is 9.32. The molecule has 0 bridgehead atoms. The maximum absolute atomic E-state index is 5.73. The predicted molar refractivity (Wildman–Crippen MR) is 151 cm³/mol. The van der Waals surface area contributed by atoms with E-state index in [0.717, 1.165) is 51.4 Å². The van der Waals surface area contributed by atoms with Crippen molar-refractivity contribution in [1.82, 2.24) is 8.75 Å². The quantitative estimate of drug-likeness (QED) is 0.191. The zero-order valence-corrected chi connectivity index (χ0v) is 21.3. The second-order valence-corrected chi connectivity index (χ2v) is 11.3. The van der Waals surface area contributed by atoms with Crippen molar-refractivity contribution < 1.29 is 0 Å². The Balaban J connectivity index is 1.34. The largest absolute Gasteiger partial charge is 0.172 e. The summed E-state index contributed by atoms with van der Waals surface area (Å²) >= 11 is 16.2. The first kappa shape index (κ1) is 21.1. The third kappa shape index (κ3) is 3.84. The zero-order chi connectivity index (χ0) is 22.4. The summed E-state index contributed by atoms with van der Waals surface area (Å²) in [5.74, 6) is 0.424. The van der Waals surface area contributed by atoms with Gasteiger partial charge in [-0.2, -0.15) is 8.75 Å². The molecule has 2 nitrogen and oxygen atoms in total. The van der Waals surface area contributed by atoms with Crippen molar-refractivity contribution in [2.45, 2.75) is 0 Å². The van der Waals surface area contributed by atoms with Crippen LogP contribution in [-0.2, 0) is 0 Å². The smallest absolute Gasteiger partial charge is 0.114 e. The number of hydrogen-bond donors (Lipinski definition) is 0. The SMILES string of the molecule is S=C(c1ccc(-c2ccc(-c3ccc(C(=S)C4C=CC=C4)s3)c3nsnc23)s1)C1C=CC=C1. The van der Waals surface area contributed by atoms with Crippen LogP contribution in [0, 0.1) is 11.8 Å². The molecule has 0 saturated carbocycles. The maximum atomic E-state index is 5.73. The highest BCUT2D eigenvalue weighted by Gasteiger charge is 2.20. The highest BCUT2D eigenvalue weighted by atomic mass is 32.1. The first-order chi connectivity index (χ1) is 16.2. The molecule has 7 heteroatoms. The molecular formula is C26H16N2S5. The fraction of sp³-hybridized carbons (Fsp3) is 0.0769. The minimum absolute atomic E-state index is 0.212. The van der Waals surface area contributed by atoms with E-state index in [1.807, 2.05) is 0 Å². The number of nitrogens with zero attached hydrogens (tertiary/aromatic N) is 2. The summed E-state index contributed by atoms with van der Waals surface area (Å²) in [5, 5.41) is 0. The summed E-state index contributed by atoms with van der Waals surface area (Å²) in [6.45, 7) is 0. The van der Waals surface area contributed by atoms with E-state index >= 15 is 0 Å². The van der Waals surface area contributed by atoms with E-state index in [1.165, 1.54) is 11.7 Å². The van der Waals surface area contributed by atoms with E-state index in [2.05, 4.69) is 93.8 Å². The van der Waals surface area contributed by atoms with Gasteiger partial charge in [0.15, 0.2) is 0 Å². The van der Waals surface area contributed by atoms with E-state index in [0.29, 0.717) is 0 Å². The minimum Gasteiger partial charge on any atom is -0.172 e. The summed E-state index contributed by atoms with van der Waals surface area (Å²) in [5.41, 5.74) is 4.09. The third-order valence-corrected chi connectivity index (χ3v) is 9.82. The Kier molecular flexibility index (Phi) is 5.60. The van der Waals surface area contributed by atoms with Crippen LogP contribution < -0.4 is 0 Å². The number of allylic oxidation sites excluding steroid dienone is 8. The Morgan fingerprint density at radius 3 is 1.45 bits per heavy atom. The molecule has 2 aliphatic rings. The lowest BCUT2D eigenvalue weighted by Gasteiger charge is -2.06. The number of hydrogen-bond acceptors (Lipinski definition) is 7. The first-order valence-corrected chi connectivity index (χ1v) is 13.6. The molecule has 3 aromatic heterocycles. The molecule has 1 aromatic carbocycles. The van der Waals surface area contributed by atoms with E-state index in [1.54, 1.807) is 22.7 Å². The fourth-order valence-corrected chi connectivity index (χ4v) is 7.35. The van der Waals surface area contributed by atoms with Crippen molar-refractivity contribution in [2.24, 2.45) is 11.8 Å². The number of benzene rings is 1. The van der Waals surface area contributed by atoms with E-state index in [4.69, 9.17) is 24.4 Å². The van der Waals surface area contributed by atoms with Crippen LogP contribution in [-0.4, -0.2) is 18.5 Å². The number of thiocarbonyl (C=S) groups is 2. The maximum Gasteiger partial charge on any atom is 0.114 e. The van der Waals surface area contributed by atoms with Gasteiger partial charge in [-0.3, -0.25) is 0 Å². The molecule has 160 valence electrons. The average Bonchev–Trinajstić information content (AvgIpc) is 3.67. The van der Waals surface area contributed by atoms with Crippen LogP contribution >= 0.6 is 58.8 Å². The van der Waals surface area contributed by atoms with Crippen LogP contribution in [0.25, 0.3) is 31.9 Å². The molecule has 33 heavy (non-hydrogen) atoms. The fourth-order valence-electron chi connectivity index (χ4n) is 4.04. The van der Waals surface area contributed by atoms with Crippen molar-refractivity contribution in [3.63, 3.8) is 0 Å². The molecule has 0 saturated heterocycles. The van der Waals surface area contributed by atoms with Crippen LogP contribution in [0.2, 0.25) is 0 Å². The van der Waals surface area contributed by atoms with Gasteiger partial charge in [0.1, 0.15) is 11.0 Å². The van der Waals surface area contributed by atoms with Crippen LogP contribution in [0.15, 0.2) is 85.0 Å². The molecule has 0 atom stereocenters. The normalized spacial score (nSPS) is 15.4. The van der Waals surface area contributed by atoms with Crippen LogP contribution in [0.1, 0.15) is 9.75 Å². The Hall–Kier alpha value is -2.42. The second-order valence-electron chi connectivity index (χ2n) is 7.77. The molecule has 4 aromatic rings. The summed E-state index contributed by atoms with van der Waals surface area (Å²) in [7, 11) is 0. The molecule has 0 aliphatic heterocycles. The van der Waals surface area contributed by atoms with Crippen LogP contribution in [0.5, 0.6) is 0 Å². The van der Waals surface area contributed by atoms with Gasteiger partial charge in [-0.25, -0.2) is 0 Å². The van der Waals surface area contributed by atoms with Gasteiger partial charge in [0.05, 0.1) is 11.7 Å². The second kappa shape index (κ2) is 8.74. The number of thiophene rings is 2. The number of fused-ring (bicyclic) bond motifs is 1. The van der Waals surface area contributed by atoms with Crippen LogP contribution in [0.4, 0.5) is 0 Å². The van der Waals surface area contributed by atoms with E-state index < -0.39 is 0 Å². The molecule has 0 amide bonds. The first-order valence-electron chi connectivity index (χ1n) is 10.4. The highest BCUT2D eigenvalue weighted by Crippen LogP contribution is 2.40. The number of aromatic nitrogens is 2. The third-order valence-electron chi connectivity index (χ3n) is 5.75. The van der Waals surface area contributed by atoms with Crippen molar-refractivity contribution in [2.75, 3.05) is 0 Å². The monoisotopic (exact) mass is 516 g/mol. The lowest BCUT2D eigenvalue weighted by atomic mass is 10.0. The molecule has 6 rings (SSSR count). The Labute approximate surface area is 214 Å². The minimum atomic E-state index is 0.212. The van der Waals surface area contributed by atoms with Gasteiger partial charge >= 0.3 is 0 Å². The van der Waals surface area contributed by atoms with E-state index in [-0.39, 0.29) is 11.8 Å². The molecule has 0 unspecified atom stereocenters. The molecule has 3 heterocycles. The Morgan fingerprint density at radius 2 is 1.03 bits per heavy atom.